The van der Waals surface area contributed by atoms with Crippen LogP contribution in [0.15, 0.2) is 46.9 Å². The topological polar surface area (TPSA) is 20.2 Å². The highest BCUT2D eigenvalue weighted by Gasteiger charge is 2.30. The number of halogens is 5. The van der Waals surface area contributed by atoms with Crippen LogP contribution in [0, 0.1) is 3.57 Å². The lowest BCUT2D eigenvalue weighted by atomic mass is 10.00. The molecule has 21 heavy (non-hydrogen) atoms. The Bertz CT molecular complexity index is 643. The van der Waals surface area contributed by atoms with E-state index in [9.17, 15) is 18.3 Å². The molecule has 112 valence electrons. The molecule has 6 heteroatoms. The molecule has 0 aromatic heterocycles. The lowest BCUT2D eigenvalue weighted by molar-refractivity contribution is -0.137. The fourth-order valence-electron chi connectivity index (χ4n) is 1.98. The van der Waals surface area contributed by atoms with Gasteiger partial charge in [-0.15, -0.1) is 0 Å². The highest BCUT2D eigenvalue weighted by Crippen LogP contribution is 2.31. The Kier molecular flexibility index (Phi) is 5.32. The molecule has 1 atom stereocenters. The van der Waals surface area contributed by atoms with Crippen LogP contribution < -0.4 is 0 Å². The summed E-state index contributed by atoms with van der Waals surface area (Å²) in [6.45, 7) is 0. The number of benzene rings is 2. The number of aliphatic hydroxyl groups excluding tert-OH is 1. The molecule has 2 rings (SSSR count). The van der Waals surface area contributed by atoms with E-state index in [1.165, 1.54) is 6.07 Å². The van der Waals surface area contributed by atoms with Crippen molar-refractivity contribution >= 4 is 38.5 Å². The van der Waals surface area contributed by atoms with E-state index < -0.39 is 17.8 Å². The van der Waals surface area contributed by atoms with E-state index in [1.54, 1.807) is 12.1 Å². The fourth-order valence-corrected chi connectivity index (χ4v) is 3.05. The van der Waals surface area contributed by atoms with Crippen molar-refractivity contribution in [2.45, 2.75) is 18.7 Å². The third kappa shape index (κ3) is 4.43. The van der Waals surface area contributed by atoms with Gasteiger partial charge < -0.3 is 5.11 Å². The summed E-state index contributed by atoms with van der Waals surface area (Å²) < 4.78 is 39.7. The van der Waals surface area contributed by atoms with Crippen molar-refractivity contribution in [3.05, 3.63) is 67.2 Å². The Morgan fingerprint density at radius 1 is 1.14 bits per heavy atom. The van der Waals surface area contributed by atoms with E-state index >= 15 is 0 Å². The number of hydrogen-bond donors (Lipinski definition) is 1. The summed E-state index contributed by atoms with van der Waals surface area (Å²) in [5, 5.41) is 10.3. The van der Waals surface area contributed by atoms with Gasteiger partial charge in [-0.1, -0.05) is 34.1 Å². The third-order valence-electron chi connectivity index (χ3n) is 3.00. The van der Waals surface area contributed by atoms with Crippen molar-refractivity contribution in [3.63, 3.8) is 0 Å². The Balaban J connectivity index is 2.23. The lowest BCUT2D eigenvalue weighted by Gasteiger charge is -2.15. The van der Waals surface area contributed by atoms with Gasteiger partial charge in [0.05, 0.1) is 11.7 Å². The fraction of sp³-hybridized carbons (Fsp3) is 0.200. The van der Waals surface area contributed by atoms with E-state index in [4.69, 9.17) is 0 Å². The third-order valence-corrected chi connectivity index (χ3v) is 4.48. The molecule has 0 aliphatic heterocycles. The Labute approximate surface area is 142 Å². The van der Waals surface area contributed by atoms with Crippen LogP contribution in [0.1, 0.15) is 22.8 Å². The number of alkyl halides is 3. The first-order valence-electron chi connectivity index (χ1n) is 6.06. The first-order chi connectivity index (χ1) is 9.77. The molecular formula is C15H11BrF3IO. The summed E-state index contributed by atoms with van der Waals surface area (Å²) in [7, 11) is 0. The molecule has 0 aliphatic rings. The van der Waals surface area contributed by atoms with Gasteiger partial charge in [0.1, 0.15) is 0 Å². The van der Waals surface area contributed by atoms with Crippen LogP contribution in [0.5, 0.6) is 0 Å². The second-order valence-corrected chi connectivity index (χ2v) is 6.66. The van der Waals surface area contributed by atoms with Gasteiger partial charge in [0.25, 0.3) is 0 Å². The molecule has 0 bridgehead atoms. The van der Waals surface area contributed by atoms with E-state index in [2.05, 4.69) is 38.5 Å². The molecule has 0 amide bonds. The predicted octanol–water partition coefficient (Wildman–Crippen LogP) is 5.35. The van der Waals surface area contributed by atoms with Gasteiger partial charge in [-0.2, -0.15) is 13.2 Å². The standard InChI is InChI=1S/C15H11BrF3IO/c16-11-4-5-13(20)12(8-11)14(21)7-9-2-1-3-10(6-9)15(17,18)19/h1-6,8,14,21H,7H2. The largest absolute Gasteiger partial charge is 0.416 e. The van der Waals surface area contributed by atoms with Gasteiger partial charge in [0.15, 0.2) is 0 Å². The minimum Gasteiger partial charge on any atom is -0.388 e. The minimum atomic E-state index is -4.37. The maximum atomic E-state index is 12.7. The molecule has 1 unspecified atom stereocenters. The summed E-state index contributed by atoms with van der Waals surface area (Å²) in [5.74, 6) is 0. The summed E-state index contributed by atoms with van der Waals surface area (Å²) in [6.07, 6.45) is -5.08. The van der Waals surface area contributed by atoms with Crippen molar-refractivity contribution in [1.82, 2.24) is 0 Å². The maximum Gasteiger partial charge on any atom is 0.416 e. The summed E-state index contributed by atoms with van der Waals surface area (Å²) in [6, 6.07) is 10.5. The maximum absolute atomic E-state index is 12.7. The normalized spacial score (nSPS) is 13.2. The first-order valence-corrected chi connectivity index (χ1v) is 7.93. The number of hydrogen-bond acceptors (Lipinski definition) is 1. The average molecular weight is 471 g/mol. The summed E-state index contributed by atoms with van der Waals surface area (Å²) in [4.78, 5) is 0. The van der Waals surface area contributed by atoms with Crippen molar-refractivity contribution in [1.29, 1.82) is 0 Å². The van der Waals surface area contributed by atoms with Crippen LogP contribution in [0.2, 0.25) is 0 Å². The second-order valence-electron chi connectivity index (χ2n) is 4.58. The molecule has 0 saturated heterocycles. The summed E-state index contributed by atoms with van der Waals surface area (Å²) in [5.41, 5.74) is 0.451. The molecule has 0 spiro atoms. The first kappa shape index (κ1) is 16.8. The monoisotopic (exact) mass is 470 g/mol. The van der Waals surface area contributed by atoms with Crippen LogP contribution in [0.25, 0.3) is 0 Å². The Hall–Kier alpha value is -0.600. The van der Waals surface area contributed by atoms with Gasteiger partial charge in [-0.05, 0) is 58.0 Å². The van der Waals surface area contributed by atoms with E-state index in [0.29, 0.717) is 11.1 Å². The minimum absolute atomic E-state index is 0.135. The molecule has 1 N–H and O–H groups in total. The molecule has 2 aromatic rings. The van der Waals surface area contributed by atoms with Crippen LogP contribution in [-0.4, -0.2) is 5.11 Å². The average Bonchev–Trinajstić information content (AvgIpc) is 2.41. The number of rotatable bonds is 3. The predicted molar refractivity (Wildman–Crippen MR) is 87.0 cm³/mol. The number of aliphatic hydroxyl groups is 1. The van der Waals surface area contributed by atoms with Gasteiger partial charge in [-0.25, -0.2) is 0 Å². The van der Waals surface area contributed by atoms with Gasteiger partial charge in [0, 0.05) is 14.5 Å². The summed E-state index contributed by atoms with van der Waals surface area (Å²) >= 11 is 5.42. The quantitative estimate of drug-likeness (QED) is 0.599. The lowest BCUT2D eigenvalue weighted by Crippen LogP contribution is -2.08. The zero-order valence-electron chi connectivity index (χ0n) is 10.7. The highest BCUT2D eigenvalue weighted by atomic mass is 127. The van der Waals surface area contributed by atoms with Crippen molar-refractivity contribution in [3.8, 4) is 0 Å². The van der Waals surface area contributed by atoms with Crippen LogP contribution in [-0.2, 0) is 12.6 Å². The smallest absolute Gasteiger partial charge is 0.388 e. The molecule has 0 radical (unpaired) electrons. The van der Waals surface area contributed by atoms with Gasteiger partial charge >= 0.3 is 6.18 Å². The van der Waals surface area contributed by atoms with Crippen LogP contribution in [0.3, 0.4) is 0 Å². The van der Waals surface area contributed by atoms with E-state index in [-0.39, 0.29) is 6.42 Å². The second kappa shape index (κ2) is 6.66. The molecular weight excluding hydrogens is 460 g/mol. The molecule has 0 aliphatic carbocycles. The van der Waals surface area contributed by atoms with Crippen molar-refractivity contribution in [2.24, 2.45) is 0 Å². The van der Waals surface area contributed by atoms with Gasteiger partial charge in [0.2, 0.25) is 0 Å². The van der Waals surface area contributed by atoms with Crippen molar-refractivity contribution in [2.75, 3.05) is 0 Å². The molecule has 1 nitrogen and oxygen atoms in total. The Morgan fingerprint density at radius 2 is 1.86 bits per heavy atom. The zero-order valence-corrected chi connectivity index (χ0v) is 14.4. The molecule has 0 heterocycles. The zero-order chi connectivity index (χ0) is 15.6. The van der Waals surface area contributed by atoms with E-state index in [0.717, 1.165) is 20.2 Å². The highest BCUT2D eigenvalue weighted by molar-refractivity contribution is 14.1. The molecule has 0 saturated carbocycles. The van der Waals surface area contributed by atoms with Gasteiger partial charge in [-0.3, -0.25) is 0 Å². The van der Waals surface area contributed by atoms with Crippen molar-refractivity contribution < 1.29 is 18.3 Å². The molecule has 2 aromatic carbocycles. The van der Waals surface area contributed by atoms with Crippen LogP contribution in [0.4, 0.5) is 13.2 Å². The SMILES string of the molecule is OC(Cc1cccc(C(F)(F)F)c1)c1cc(Br)ccc1I. The van der Waals surface area contributed by atoms with Crippen LogP contribution >= 0.6 is 38.5 Å². The molecule has 0 fully saturated rings. The Morgan fingerprint density at radius 3 is 2.52 bits per heavy atom. The van der Waals surface area contributed by atoms with E-state index in [1.807, 2.05) is 12.1 Å².